The van der Waals surface area contributed by atoms with E-state index in [1.807, 2.05) is 30.3 Å². The number of nitrogens with one attached hydrogen (secondary N) is 2. The molecule has 27 heavy (non-hydrogen) atoms. The van der Waals surface area contributed by atoms with Gasteiger partial charge in [-0.05, 0) is 43.0 Å². The number of aromatic nitrogens is 1. The molecule has 0 radical (unpaired) electrons. The average molecular weight is 359 g/mol. The lowest BCUT2D eigenvalue weighted by molar-refractivity contribution is 0.0948. The van der Waals surface area contributed by atoms with Crippen LogP contribution in [0.4, 0.5) is 5.69 Å². The molecule has 138 valence electrons. The molecule has 1 amide bonds. The van der Waals surface area contributed by atoms with Crippen LogP contribution in [0.3, 0.4) is 0 Å². The highest BCUT2D eigenvalue weighted by atomic mass is 16.1. The molecule has 1 aromatic heterocycles. The molecule has 0 aliphatic rings. The molecular formula is C23H25N3O. The molecule has 4 nitrogen and oxygen atoms in total. The number of hydrogen-bond donors (Lipinski definition) is 2. The minimum Gasteiger partial charge on any atom is -0.381 e. The maximum atomic E-state index is 12.3. The number of pyridine rings is 1. The van der Waals surface area contributed by atoms with E-state index in [-0.39, 0.29) is 5.91 Å². The van der Waals surface area contributed by atoms with Crippen LogP contribution in [0.2, 0.25) is 0 Å². The molecule has 0 unspecified atom stereocenters. The molecule has 0 aliphatic carbocycles. The molecule has 3 aromatic rings. The van der Waals surface area contributed by atoms with E-state index in [1.165, 1.54) is 16.7 Å². The first-order valence-electron chi connectivity index (χ1n) is 9.28. The van der Waals surface area contributed by atoms with E-state index < -0.39 is 0 Å². The molecule has 0 atom stereocenters. The summed E-state index contributed by atoms with van der Waals surface area (Å²) in [5.74, 6) is -0.137. The van der Waals surface area contributed by atoms with Crippen molar-refractivity contribution in [2.45, 2.75) is 26.3 Å². The van der Waals surface area contributed by atoms with Crippen molar-refractivity contribution in [2.24, 2.45) is 0 Å². The zero-order valence-corrected chi connectivity index (χ0v) is 15.6. The topological polar surface area (TPSA) is 54.0 Å². The zero-order chi connectivity index (χ0) is 18.9. The quantitative estimate of drug-likeness (QED) is 0.588. The Kier molecular flexibility index (Phi) is 6.58. The van der Waals surface area contributed by atoms with Crippen molar-refractivity contribution in [1.82, 2.24) is 10.3 Å². The van der Waals surface area contributed by atoms with Crippen LogP contribution in [0, 0.1) is 6.92 Å². The maximum Gasteiger partial charge on any atom is 0.269 e. The van der Waals surface area contributed by atoms with Crippen LogP contribution in [0.25, 0.3) is 0 Å². The summed E-state index contributed by atoms with van der Waals surface area (Å²) in [6.45, 7) is 3.43. The molecule has 3 rings (SSSR count). The fourth-order valence-corrected chi connectivity index (χ4v) is 2.92. The number of aryl methyl sites for hydroxylation is 2. The summed E-state index contributed by atoms with van der Waals surface area (Å²) in [6.07, 6.45) is 3.52. The van der Waals surface area contributed by atoms with Gasteiger partial charge in [-0.2, -0.15) is 0 Å². The van der Waals surface area contributed by atoms with E-state index in [2.05, 4.69) is 52.9 Å². The summed E-state index contributed by atoms with van der Waals surface area (Å²) in [5.41, 5.74) is 5.05. The first-order valence-corrected chi connectivity index (χ1v) is 9.28. The monoisotopic (exact) mass is 359 g/mol. The third-order valence-electron chi connectivity index (χ3n) is 4.34. The van der Waals surface area contributed by atoms with Crippen molar-refractivity contribution in [2.75, 3.05) is 11.9 Å². The molecule has 0 spiro atoms. The van der Waals surface area contributed by atoms with E-state index in [0.717, 1.165) is 18.5 Å². The third-order valence-corrected chi connectivity index (χ3v) is 4.34. The fraction of sp³-hybridized carbons (Fsp3) is 0.217. The van der Waals surface area contributed by atoms with Gasteiger partial charge >= 0.3 is 0 Å². The summed E-state index contributed by atoms with van der Waals surface area (Å²) < 4.78 is 0. The first-order chi connectivity index (χ1) is 13.2. The van der Waals surface area contributed by atoms with Crippen molar-refractivity contribution in [3.05, 3.63) is 95.3 Å². The number of anilines is 1. The molecule has 0 fully saturated rings. The van der Waals surface area contributed by atoms with E-state index >= 15 is 0 Å². The second-order valence-electron chi connectivity index (χ2n) is 6.62. The molecule has 0 saturated carbocycles. The lowest BCUT2D eigenvalue weighted by atomic mass is 10.1. The third kappa shape index (κ3) is 5.96. The number of amides is 1. The van der Waals surface area contributed by atoms with Gasteiger partial charge in [-0.3, -0.25) is 9.78 Å². The van der Waals surface area contributed by atoms with E-state index in [0.29, 0.717) is 18.8 Å². The second-order valence-corrected chi connectivity index (χ2v) is 6.62. The number of carbonyl (C=O) groups is 1. The fourth-order valence-electron chi connectivity index (χ4n) is 2.92. The molecular weight excluding hydrogens is 334 g/mol. The van der Waals surface area contributed by atoms with Gasteiger partial charge in [-0.1, -0.05) is 60.2 Å². The normalized spacial score (nSPS) is 10.4. The highest BCUT2D eigenvalue weighted by Gasteiger charge is 2.07. The van der Waals surface area contributed by atoms with Gasteiger partial charge in [0.05, 0.1) is 0 Å². The van der Waals surface area contributed by atoms with Crippen molar-refractivity contribution in [3.8, 4) is 0 Å². The molecule has 4 heteroatoms. The highest BCUT2D eigenvalue weighted by molar-refractivity contribution is 5.93. The van der Waals surface area contributed by atoms with Gasteiger partial charge in [0, 0.05) is 25.0 Å². The summed E-state index contributed by atoms with van der Waals surface area (Å²) >= 11 is 0. The Morgan fingerprint density at radius 1 is 0.963 bits per heavy atom. The van der Waals surface area contributed by atoms with Gasteiger partial charge in [-0.15, -0.1) is 0 Å². The molecule has 2 N–H and O–H groups in total. The molecule has 1 heterocycles. The Bertz CT molecular complexity index is 878. The molecule has 0 aliphatic heterocycles. The Hall–Kier alpha value is -3.14. The number of rotatable bonds is 8. The van der Waals surface area contributed by atoms with Crippen LogP contribution in [0.15, 0.2) is 72.9 Å². The van der Waals surface area contributed by atoms with Gasteiger partial charge in [0.1, 0.15) is 5.69 Å². The van der Waals surface area contributed by atoms with E-state index in [4.69, 9.17) is 0 Å². The van der Waals surface area contributed by atoms with Crippen LogP contribution in [-0.2, 0) is 13.0 Å². The van der Waals surface area contributed by atoms with Gasteiger partial charge in [0.2, 0.25) is 0 Å². The van der Waals surface area contributed by atoms with Crippen LogP contribution in [0.5, 0.6) is 0 Å². The van der Waals surface area contributed by atoms with Crippen LogP contribution in [-0.4, -0.2) is 17.4 Å². The first kappa shape index (κ1) is 18.6. The predicted molar refractivity (Wildman–Crippen MR) is 110 cm³/mol. The minimum atomic E-state index is -0.137. The minimum absolute atomic E-state index is 0.137. The van der Waals surface area contributed by atoms with Gasteiger partial charge in [-0.25, -0.2) is 0 Å². The van der Waals surface area contributed by atoms with Crippen LogP contribution >= 0.6 is 0 Å². The number of hydrogen-bond acceptors (Lipinski definition) is 3. The van der Waals surface area contributed by atoms with Gasteiger partial charge in [0.25, 0.3) is 5.91 Å². The Labute approximate surface area is 160 Å². The highest BCUT2D eigenvalue weighted by Crippen LogP contribution is 2.11. The number of nitrogens with zero attached hydrogens (tertiary/aromatic N) is 1. The standard InChI is InChI=1S/C23H25N3O/c1-18-7-5-10-20(15-18)17-26-21-12-14-24-22(16-21)23(27)25-13-6-11-19-8-3-2-4-9-19/h2-5,7-10,12,14-16H,6,11,13,17H2,1H3,(H,24,26)(H,25,27). The van der Waals surface area contributed by atoms with Crippen molar-refractivity contribution in [1.29, 1.82) is 0 Å². The Balaban J connectivity index is 1.48. The van der Waals surface area contributed by atoms with Crippen molar-refractivity contribution >= 4 is 11.6 Å². The second kappa shape index (κ2) is 9.53. The molecule has 0 bridgehead atoms. The largest absolute Gasteiger partial charge is 0.381 e. The SMILES string of the molecule is Cc1cccc(CNc2ccnc(C(=O)NCCCc3ccccc3)c2)c1. The average Bonchev–Trinajstić information content (AvgIpc) is 2.70. The van der Waals surface area contributed by atoms with Crippen molar-refractivity contribution in [3.63, 3.8) is 0 Å². The smallest absolute Gasteiger partial charge is 0.269 e. The summed E-state index contributed by atoms with van der Waals surface area (Å²) in [6, 6.07) is 22.3. The predicted octanol–water partition coefficient (Wildman–Crippen LogP) is 4.36. The maximum absolute atomic E-state index is 12.3. The Morgan fingerprint density at radius 2 is 1.78 bits per heavy atom. The zero-order valence-electron chi connectivity index (χ0n) is 15.6. The van der Waals surface area contributed by atoms with Crippen LogP contribution in [0.1, 0.15) is 33.6 Å². The van der Waals surface area contributed by atoms with E-state index in [9.17, 15) is 4.79 Å². The molecule has 2 aromatic carbocycles. The Morgan fingerprint density at radius 3 is 2.59 bits per heavy atom. The van der Waals surface area contributed by atoms with Gasteiger partial charge in [0.15, 0.2) is 0 Å². The summed E-state index contributed by atoms with van der Waals surface area (Å²) in [4.78, 5) is 16.5. The van der Waals surface area contributed by atoms with E-state index in [1.54, 1.807) is 12.3 Å². The number of benzene rings is 2. The number of carbonyl (C=O) groups excluding carboxylic acids is 1. The molecule has 0 saturated heterocycles. The van der Waals surface area contributed by atoms with Crippen molar-refractivity contribution < 1.29 is 4.79 Å². The summed E-state index contributed by atoms with van der Waals surface area (Å²) in [7, 11) is 0. The lowest BCUT2D eigenvalue weighted by Crippen LogP contribution is -2.25. The summed E-state index contributed by atoms with van der Waals surface area (Å²) in [5, 5.41) is 6.30. The van der Waals surface area contributed by atoms with Gasteiger partial charge < -0.3 is 10.6 Å². The lowest BCUT2D eigenvalue weighted by Gasteiger charge is -2.09. The van der Waals surface area contributed by atoms with Crippen LogP contribution < -0.4 is 10.6 Å².